The van der Waals surface area contributed by atoms with Gasteiger partial charge in [0.2, 0.25) is 5.91 Å². The maximum Gasteiger partial charge on any atom is 0.403 e. The summed E-state index contributed by atoms with van der Waals surface area (Å²) in [5.74, 6) is -6.05. The summed E-state index contributed by atoms with van der Waals surface area (Å²) >= 11 is 0. The van der Waals surface area contributed by atoms with Gasteiger partial charge in [0.15, 0.2) is 12.1 Å². The van der Waals surface area contributed by atoms with Gasteiger partial charge < -0.3 is 15.8 Å². The Bertz CT molecular complexity index is 819. The van der Waals surface area contributed by atoms with Crippen molar-refractivity contribution >= 4 is 17.6 Å². The summed E-state index contributed by atoms with van der Waals surface area (Å²) in [7, 11) is 0. The van der Waals surface area contributed by atoms with Crippen LogP contribution in [0.2, 0.25) is 0 Å². The van der Waals surface area contributed by atoms with Gasteiger partial charge >= 0.3 is 12.1 Å². The number of alkyl halides is 5. The standard InChI is InChI=1S/C16H15F6N3O2/c1-13(15(18,19)7-27-12(23)25-13)9-6-8(2-3-10(9)17)24-11(26)14(4-5-14)16(20,21)22/h2-3,6H,4-5,7H2,1H3,(H2,23,25)(H,24,26). The Morgan fingerprint density at radius 3 is 2.48 bits per heavy atom. The molecule has 1 aliphatic carbocycles. The summed E-state index contributed by atoms with van der Waals surface area (Å²) in [4.78, 5) is 15.5. The lowest BCUT2D eigenvalue weighted by Gasteiger charge is -2.37. The van der Waals surface area contributed by atoms with Crippen LogP contribution >= 0.6 is 0 Å². The third-order valence-corrected chi connectivity index (χ3v) is 4.92. The Balaban J connectivity index is 1.96. The van der Waals surface area contributed by atoms with E-state index in [-0.39, 0.29) is 18.5 Å². The molecule has 1 saturated carbocycles. The van der Waals surface area contributed by atoms with Crippen LogP contribution in [0.1, 0.15) is 25.3 Å². The van der Waals surface area contributed by atoms with Gasteiger partial charge in [-0.1, -0.05) is 0 Å². The number of ether oxygens (including phenoxy) is 1. The first-order valence-electron chi connectivity index (χ1n) is 7.87. The van der Waals surface area contributed by atoms with E-state index in [1.165, 1.54) is 0 Å². The predicted molar refractivity (Wildman–Crippen MR) is 82.6 cm³/mol. The number of rotatable bonds is 3. The Morgan fingerprint density at radius 2 is 1.93 bits per heavy atom. The molecule has 1 fully saturated rings. The maximum atomic E-state index is 14.4. The van der Waals surface area contributed by atoms with Crippen molar-refractivity contribution < 1.29 is 35.9 Å². The third-order valence-electron chi connectivity index (χ3n) is 4.92. The Hall–Kier alpha value is -2.46. The van der Waals surface area contributed by atoms with Gasteiger partial charge in [-0.15, -0.1) is 0 Å². The Kier molecular flexibility index (Phi) is 4.12. The average molecular weight is 395 g/mol. The lowest BCUT2D eigenvalue weighted by atomic mass is 9.85. The molecule has 1 aromatic carbocycles. The number of nitrogens with two attached hydrogens (primary N) is 1. The highest BCUT2D eigenvalue weighted by Gasteiger charge is 2.68. The molecule has 5 nitrogen and oxygen atoms in total. The van der Waals surface area contributed by atoms with Gasteiger partial charge in [-0.2, -0.15) is 22.0 Å². The third kappa shape index (κ3) is 2.98. The van der Waals surface area contributed by atoms with Crippen molar-refractivity contribution in [2.45, 2.75) is 37.4 Å². The highest BCUT2D eigenvalue weighted by atomic mass is 19.4. The molecule has 11 heteroatoms. The molecule has 0 aromatic heterocycles. The first-order valence-corrected chi connectivity index (χ1v) is 7.87. The van der Waals surface area contributed by atoms with Crippen LogP contribution in [0.5, 0.6) is 0 Å². The van der Waals surface area contributed by atoms with E-state index in [0.29, 0.717) is 0 Å². The van der Waals surface area contributed by atoms with Crippen LogP contribution in [0.4, 0.5) is 32.0 Å². The topological polar surface area (TPSA) is 76.7 Å². The van der Waals surface area contributed by atoms with Crippen molar-refractivity contribution in [3.05, 3.63) is 29.6 Å². The summed E-state index contributed by atoms with van der Waals surface area (Å²) in [6, 6.07) is 2.00. The van der Waals surface area contributed by atoms with Gasteiger partial charge in [-0.3, -0.25) is 4.79 Å². The lowest BCUT2D eigenvalue weighted by molar-refractivity contribution is -0.189. The molecule has 3 rings (SSSR count). The van der Waals surface area contributed by atoms with Crippen LogP contribution in [0.15, 0.2) is 23.2 Å². The van der Waals surface area contributed by atoms with E-state index < -0.39 is 53.0 Å². The summed E-state index contributed by atoms with van der Waals surface area (Å²) in [6.07, 6.45) is -5.48. The molecule has 27 heavy (non-hydrogen) atoms. The second kappa shape index (κ2) is 5.77. The molecule has 1 aliphatic heterocycles. The molecular weight excluding hydrogens is 380 g/mol. The zero-order valence-electron chi connectivity index (χ0n) is 14.0. The van der Waals surface area contributed by atoms with Crippen molar-refractivity contribution in [1.29, 1.82) is 0 Å². The minimum absolute atomic E-state index is 0.260. The largest absolute Gasteiger partial charge is 0.459 e. The summed E-state index contributed by atoms with van der Waals surface area (Å²) < 4.78 is 86.5. The number of carbonyl (C=O) groups is 1. The summed E-state index contributed by atoms with van der Waals surface area (Å²) in [5.41, 5.74) is -0.523. The molecule has 0 saturated heterocycles. The first kappa shape index (κ1) is 19.3. The van der Waals surface area contributed by atoms with Crippen molar-refractivity contribution in [2.24, 2.45) is 16.1 Å². The fraction of sp³-hybridized carbons (Fsp3) is 0.500. The number of nitrogens with one attached hydrogen (secondary N) is 1. The molecule has 0 radical (unpaired) electrons. The van der Waals surface area contributed by atoms with Crippen molar-refractivity contribution in [3.63, 3.8) is 0 Å². The van der Waals surface area contributed by atoms with Crippen LogP contribution in [0.25, 0.3) is 0 Å². The number of halogens is 6. The zero-order chi connectivity index (χ0) is 20.3. The second-order valence-corrected chi connectivity index (χ2v) is 6.74. The molecule has 0 bridgehead atoms. The highest BCUT2D eigenvalue weighted by Crippen LogP contribution is 2.58. The highest BCUT2D eigenvalue weighted by molar-refractivity contribution is 5.98. The number of nitrogens with zero attached hydrogens (tertiary/aromatic N) is 1. The molecule has 0 spiro atoms. The second-order valence-electron chi connectivity index (χ2n) is 6.74. The smallest absolute Gasteiger partial charge is 0.403 e. The molecule has 148 valence electrons. The maximum absolute atomic E-state index is 14.4. The molecule has 2 aliphatic rings. The summed E-state index contributed by atoms with van der Waals surface area (Å²) in [5, 5.41) is 2.03. The van der Waals surface area contributed by atoms with Gasteiger partial charge in [0.05, 0.1) is 0 Å². The number of carbonyl (C=O) groups excluding carboxylic acids is 1. The van der Waals surface area contributed by atoms with Gasteiger partial charge in [0.25, 0.3) is 6.02 Å². The van der Waals surface area contributed by atoms with Crippen molar-refractivity contribution in [2.75, 3.05) is 11.9 Å². The van der Waals surface area contributed by atoms with Crippen LogP contribution in [-0.4, -0.2) is 30.6 Å². The molecule has 1 unspecified atom stereocenters. The summed E-state index contributed by atoms with van der Waals surface area (Å²) in [6.45, 7) is -0.226. The average Bonchev–Trinajstić information content (AvgIpc) is 3.35. The first-order chi connectivity index (χ1) is 12.3. The van der Waals surface area contributed by atoms with Crippen LogP contribution in [0, 0.1) is 11.2 Å². The predicted octanol–water partition coefficient (Wildman–Crippen LogP) is 3.30. The fourth-order valence-electron chi connectivity index (χ4n) is 2.89. The van der Waals surface area contributed by atoms with Crippen LogP contribution < -0.4 is 11.1 Å². The Labute approximate surface area is 149 Å². The molecule has 3 N–H and O–H groups in total. The van der Waals surface area contributed by atoms with Crippen molar-refractivity contribution in [3.8, 4) is 0 Å². The number of amides is 1. The van der Waals surface area contributed by atoms with Gasteiger partial charge in [0.1, 0.15) is 11.2 Å². The number of amidine groups is 1. The monoisotopic (exact) mass is 395 g/mol. The minimum Gasteiger partial charge on any atom is -0.459 e. The van der Waals surface area contributed by atoms with Gasteiger partial charge in [-0.05, 0) is 38.0 Å². The number of hydrogen-bond acceptors (Lipinski definition) is 4. The van der Waals surface area contributed by atoms with Crippen LogP contribution in [0.3, 0.4) is 0 Å². The van der Waals surface area contributed by atoms with Gasteiger partial charge in [-0.25, -0.2) is 9.38 Å². The SMILES string of the molecule is CC1(c2cc(NC(=O)C3(C(F)(F)F)CC3)ccc2F)N=C(N)OCC1(F)F. The van der Waals surface area contributed by atoms with E-state index in [1.807, 2.05) is 5.32 Å². The number of anilines is 1. The zero-order valence-corrected chi connectivity index (χ0v) is 14.0. The van der Waals surface area contributed by atoms with Gasteiger partial charge in [0, 0.05) is 11.3 Å². The van der Waals surface area contributed by atoms with Crippen LogP contribution in [-0.2, 0) is 15.1 Å². The normalized spacial score (nSPS) is 26.0. The van der Waals surface area contributed by atoms with E-state index >= 15 is 0 Å². The molecule has 1 aromatic rings. The molecular formula is C16H15F6N3O2. The molecule has 1 atom stereocenters. The number of hydrogen-bond donors (Lipinski definition) is 2. The van der Waals surface area contributed by atoms with E-state index in [0.717, 1.165) is 25.1 Å². The number of aliphatic imine (C=N–C) groups is 1. The van der Waals surface area contributed by atoms with E-state index in [9.17, 15) is 31.1 Å². The number of benzene rings is 1. The molecule has 1 amide bonds. The fourth-order valence-corrected chi connectivity index (χ4v) is 2.89. The van der Waals surface area contributed by atoms with Crippen molar-refractivity contribution in [1.82, 2.24) is 0 Å². The quantitative estimate of drug-likeness (QED) is 0.771. The Morgan fingerprint density at radius 1 is 1.30 bits per heavy atom. The molecule has 1 heterocycles. The van der Waals surface area contributed by atoms with E-state index in [1.54, 1.807) is 0 Å². The van der Waals surface area contributed by atoms with E-state index in [2.05, 4.69) is 9.73 Å². The van der Waals surface area contributed by atoms with E-state index in [4.69, 9.17) is 5.73 Å². The lowest BCUT2D eigenvalue weighted by Crippen LogP contribution is -2.51. The minimum atomic E-state index is -4.74.